The molecule has 1 aromatic rings. The minimum Gasteiger partial charge on any atom is -0.369 e. The van der Waals surface area contributed by atoms with Crippen LogP contribution in [0, 0.1) is 17.0 Å². The Morgan fingerprint density at radius 1 is 1.39 bits per heavy atom. The summed E-state index contributed by atoms with van der Waals surface area (Å²) in [6.07, 6.45) is 0. The molecule has 0 heterocycles. The highest BCUT2D eigenvalue weighted by atomic mass is 19.2. The fraction of sp³-hybridized carbons (Fsp3) is 0.462. The molecule has 0 aromatic heterocycles. The predicted octanol–water partition coefficient (Wildman–Crippen LogP) is 2.13. The summed E-state index contributed by atoms with van der Waals surface area (Å²) in [4.78, 5) is 11.1. The summed E-state index contributed by atoms with van der Waals surface area (Å²) in [5.74, 6) is -2.16. The van der Waals surface area contributed by atoms with Gasteiger partial charge in [0.25, 0.3) is 0 Å². The second kappa shape index (κ2) is 5.44. The fourth-order valence-corrected chi connectivity index (χ4v) is 1.39. The van der Waals surface area contributed by atoms with Crippen LogP contribution in [0.3, 0.4) is 0 Å². The second-order valence-electron chi connectivity index (χ2n) is 5.02. The summed E-state index contributed by atoms with van der Waals surface area (Å²) < 4.78 is 25.9. The van der Waals surface area contributed by atoms with Crippen LogP contribution in [0.1, 0.15) is 32.4 Å². The standard InChI is InChI=1S/C13H18F2N2O/c1-8(17-7-13(2,3)12(16)18)9-4-5-10(14)11(15)6-9/h4-6,8,17H,7H2,1-3H3,(H2,16,18). The van der Waals surface area contributed by atoms with Gasteiger partial charge in [0.05, 0.1) is 5.41 Å². The molecule has 5 heteroatoms. The van der Waals surface area contributed by atoms with Crippen molar-refractivity contribution in [2.24, 2.45) is 11.1 Å². The number of rotatable bonds is 5. The molecular weight excluding hydrogens is 238 g/mol. The van der Waals surface area contributed by atoms with Crippen LogP contribution in [-0.4, -0.2) is 12.5 Å². The second-order valence-corrected chi connectivity index (χ2v) is 5.02. The summed E-state index contributed by atoms with van der Waals surface area (Å²) in [6.45, 7) is 5.62. The Hall–Kier alpha value is -1.49. The van der Waals surface area contributed by atoms with Crippen molar-refractivity contribution in [2.75, 3.05) is 6.54 Å². The molecule has 1 unspecified atom stereocenters. The average Bonchev–Trinajstić information content (AvgIpc) is 2.29. The largest absolute Gasteiger partial charge is 0.369 e. The average molecular weight is 256 g/mol. The monoisotopic (exact) mass is 256 g/mol. The molecule has 1 amide bonds. The lowest BCUT2D eigenvalue weighted by Gasteiger charge is -2.24. The number of hydrogen-bond donors (Lipinski definition) is 2. The number of benzene rings is 1. The minimum absolute atomic E-state index is 0.196. The van der Waals surface area contributed by atoms with Crippen LogP contribution in [0.5, 0.6) is 0 Å². The lowest BCUT2D eigenvalue weighted by Crippen LogP contribution is -2.41. The van der Waals surface area contributed by atoms with Gasteiger partial charge < -0.3 is 11.1 Å². The van der Waals surface area contributed by atoms with E-state index in [0.29, 0.717) is 12.1 Å². The molecular formula is C13H18F2N2O. The molecule has 3 N–H and O–H groups in total. The first-order chi connectivity index (χ1) is 8.24. The highest BCUT2D eigenvalue weighted by molar-refractivity contribution is 5.80. The molecule has 1 atom stereocenters. The van der Waals surface area contributed by atoms with Gasteiger partial charge >= 0.3 is 0 Å². The van der Waals surface area contributed by atoms with E-state index in [-0.39, 0.29) is 6.04 Å². The number of halogens is 2. The minimum atomic E-state index is -0.879. The SMILES string of the molecule is CC(NCC(C)(C)C(N)=O)c1ccc(F)c(F)c1. The first-order valence-corrected chi connectivity index (χ1v) is 5.72. The number of carbonyl (C=O) groups is 1. The molecule has 0 radical (unpaired) electrons. The molecule has 0 fully saturated rings. The van der Waals surface area contributed by atoms with E-state index >= 15 is 0 Å². The molecule has 0 bridgehead atoms. The number of hydrogen-bond acceptors (Lipinski definition) is 2. The van der Waals surface area contributed by atoms with Gasteiger partial charge in [-0.3, -0.25) is 4.79 Å². The van der Waals surface area contributed by atoms with Gasteiger partial charge in [0.2, 0.25) is 5.91 Å². The Bertz CT molecular complexity index is 447. The van der Waals surface area contributed by atoms with Gasteiger partial charge in [-0.15, -0.1) is 0 Å². The summed E-state index contributed by atoms with van der Waals surface area (Å²) in [6, 6.07) is 3.54. The molecule has 100 valence electrons. The molecule has 0 aliphatic heterocycles. The van der Waals surface area contributed by atoms with Crippen LogP contribution >= 0.6 is 0 Å². The third kappa shape index (κ3) is 3.50. The Morgan fingerprint density at radius 3 is 2.50 bits per heavy atom. The van der Waals surface area contributed by atoms with Crippen LogP contribution in [0.25, 0.3) is 0 Å². The topological polar surface area (TPSA) is 55.1 Å². The number of primary amides is 1. The number of amides is 1. The lowest BCUT2D eigenvalue weighted by molar-refractivity contribution is -0.125. The van der Waals surface area contributed by atoms with Gasteiger partial charge in [-0.1, -0.05) is 6.07 Å². The normalized spacial score (nSPS) is 13.4. The van der Waals surface area contributed by atoms with Crippen LogP contribution < -0.4 is 11.1 Å². The van der Waals surface area contributed by atoms with Crippen LogP contribution in [0.2, 0.25) is 0 Å². The van der Waals surface area contributed by atoms with E-state index in [1.54, 1.807) is 13.8 Å². The smallest absolute Gasteiger partial charge is 0.224 e. The summed E-state index contributed by atoms with van der Waals surface area (Å²) in [7, 11) is 0. The van der Waals surface area contributed by atoms with Crippen molar-refractivity contribution < 1.29 is 13.6 Å². The van der Waals surface area contributed by atoms with Gasteiger partial charge in [-0.05, 0) is 38.5 Å². The zero-order chi connectivity index (χ0) is 13.9. The molecule has 0 aliphatic carbocycles. The number of nitrogens with one attached hydrogen (secondary N) is 1. The molecule has 0 saturated heterocycles. The van der Waals surface area contributed by atoms with E-state index in [1.807, 2.05) is 6.92 Å². The van der Waals surface area contributed by atoms with Gasteiger partial charge in [0, 0.05) is 12.6 Å². The van der Waals surface area contributed by atoms with Crippen molar-refractivity contribution in [3.63, 3.8) is 0 Å². The zero-order valence-electron chi connectivity index (χ0n) is 10.8. The van der Waals surface area contributed by atoms with Crippen molar-refractivity contribution in [2.45, 2.75) is 26.8 Å². The summed E-state index contributed by atoms with van der Waals surface area (Å²) >= 11 is 0. The summed E-state index contributed by atoms with van der Waals surface area (Å²) in [5.41, 5.74) is 5.18. The first kappa shape index (κ1) is 14.6. The maximum atomic E-state index is 13.1. The molecule has 0 aliphatic rings. The lowest BCUT2D eigenvalue weighted by atomic mass is 9.92. The van der Waals surface area contributed by atoms with Crippen molar-refractivity contribution in [3.05, 3.63) is 35.4 Å². The zero-order valence-corrected chi connectivity index (χ0v) is 10.8. The van der Waals surface area contributed by atoms with Crippen LogP contribution in [-0.2, 0) is 4.79 Å². The van der Waals surface area contributed by atoms with Crippen LogP contribution in [0.4, 0.5) is 8.78 Å². The number of carbonyl (C=O) groups excluding carboxylic acids is 1. The van der Waals surface area contributed by atoms with Crippen molar-refractivity contribution in [1.29, 1.82) is 0 Å². The number of nitrogens with two attached hydrogens (primary N) is 1. The molecule has 18 heavy (non-hydrogen) atoms. The molecule has 1 aromatic carbocycles. The summed E-state index contributed by atoms with van der Waals surface area (Å²) in [5, 5.41) is 3.08. The Morgan fingerprint density at radius 2 is 2.00 bits per heavy atom. The maximum Gasteiger partial charge on any atom is 0.224 e. The third-order valence-corrected chi connectivity index (χ3v) is 2.96. The third-order valence-electron chi connectivity index (χ3n) is 2.96. The van der Waals surface area contributed by atoms with Crippen molar-refractivity contribution >= 4 is 5.91 Å². The maximum absolute atomic E-state index is 13.1. The van der Waals surface area contributed by atoms with Gasteiger partial charge in [0.15, 0.2) is 11.6 Å². The van der Waals surface area contributed by atoms with E-state index in [9.17, 15) is 13.6 Å². The fourth-order valence-electron chi connectivity index (χ4n) is 1.39. The van der Waals surface area contributed by atoms with E-state index in [0.717, 1.165) is 12.1 Å². The van der Waals surface area contributed by atoms with E-state index in [4.69, 9.17) is 5.73 Å². The van der Waals surface area contributed by atoms with Gasteiger partial charge in [-0.2, -0.15) is 0 Å². The molecule has 3 nitrogen and oxygen atoms in total. The Balaban J connectivity index is 2.68. The van der Waals surface area contributed by atoms with Crippen LogP contribution in [0.15, 0.2) is 18.2 Å². The highest BCUT2D eigenvalue weighted by Crippen LogP contribution is 2.18. The van der Waals surface area contributed by atoms with E-state index in [1.165, 1.54) is 6.07 Å². The van der Waals surface area contributed by atoms with Crippen molar-refractivity contribution in [1.82, 2.24) is 5.32 Å². The van der Waals surface area contributed by atoms with Gasteiger partial charge in [0.1, 0.15) is 0 Å². The van der Waals surface area contributed by atoms with E-state index in [2.05, 4.69) is 5.32 Å². The quantitative estimate of drug-likeness (QED) is 0.848. The van der Waals surface area contributed by atoms with Crippen molar-refractivity contribution in [3.8, 4) is 0 Å². The highest BCUT2D eigenvalue weighted by Gasteiger charge is 2.25. The Labute approximate surface area is 105 Å². The van der Waals surface area contributed by atoms with Gasteiger partial charge in [-0.25, -0.2) is 8.78 Å². The predicted molar refractivity (Wildman–Crippen MR) is 65.8 cm³/mol. The first-order valence-electron chi connectivity index (χ1n) is 5.72. The molecule has 0 spiro atoms. The van der Waals surface area contributed by atoms with E-state index < -0.39 is 23.0 Å². The Kier molecular flexibility index (Phi) is 4.40. The molecule has 0 saturated carbocycles. The molecule has 1 rings (SSSR count).